The van der Waals surface area contributed by atoms with E-state index in [2.05, 4.69) is 9.47 Å². The number of ether oxygens (including phenoxy) is 4. The van der Waals surface area contributed by atoms with Crippen LogP contribution in [0.25, 0.3) is 0 Å². The molecular weight excluding hydrogens is 377 g/mol. The summed E-state index contributed by atoms with van der Waals surface area (Å²) < 4.78 is 55.0. The second-order valence-electron chi connectivity index (χ2n) is 5.35. The Morgan fingerprint density at radius 2 is 1.93 bits per heavy atom. The second kappa shape index (κ2) is 8.19. The minimum atomic E-state index is -4.91. The zero-order chi connectivity index (χ0) is 20.4. The summed E-state index contributed by atoms with van der Waals surface area (Å²) >= 11 is 0. The Balaban J connectivity index is 2.09. The summed E-state index contributed by atoms with van der Waals surface area (Å²) in [6, 6.07) is 3.06. The van der Waals surface area contributed by atoms with Gasteiger partial charge in [0.2, 0.25) is 0 Å². The van der Waals surface area contributed by atoms with Gasteiger partial charge in [0.15, 0.2) is 12.6 Å². The standard InChI is InChI=1S/C15H17F3N2O7/c1-7(26-14(23)24-2)25-11(21)6-20-10-4-3-8(27-15(16,17)18)5-9(10)12(19)13(20)22/h3-5,7,11,14,19,21,23H,6H2,1-2H3. The van der Waals surface area contributed by atoms with Gasteiger partial charge in [-0.05, 0) is 25.1 Å². The lowest BCUT2D eigenvalue weighted by Crippen LogP contribution is -2.39. The number of anilines is 1. The molecule has 1 heterocycles. The largest absolute Gasteiger partial charge is 0.573 e. The average molecular weight is 394 g/mol. The number of nitrogens with zero attached hydrogens (tertiary/aromatic N) is 1. The summed E-state index contributed by atoms with van der Waals surface area (Å²) in [5, 5.41) is 26.9. The van der Waals surface area contributed by atoms with Crippen molar-refractivity contribution < 1.29 is 47.1 Å². The molecule has 0 aliphatic carbocycles. The normalized spacial score (nSPS) is 17.7. The third-order valence-electron chi connectivity index (χ3n) is 3.42. The van der Waals surface area contributed by atoms with Crippen LogP contribution in [0.15, 0.2) is 18.2 Å². The number of amides is 1. The number of benzene rings is 1. The Morgan fingerprint density at radius 1 is 1.26 bits per heavy atom. The first-order valence-corrected chi connectivity index (χ1v) is 7.52. The zero-order valence-corrected chi connectivity index (χ0v) is 14.2. The summed E-state index contributed by atoms with van der Waals surface area (Å²) in [6.45, 7) is -0.653. The fraction of sp³-hybridized carbons (Fsp3) is 0.467. The van der Waals surface area contributed by atoms with E-state index in [0.717, 1.165) is 23.1 Å². The van der Waals surface area contributed by atoms with E-state index in [0.29, 0.717) is 0 Å². The Bertz CT molecular complexity index is 713. The van der Waals surface area contributed by atoms with Crippen LogP contribution in [0, 0.1) is 5.41 Å². The van der Waals surface area contributed by atoms with Gasteiger partial charge >= 0.3 is 6.36 Å². The molecule has 1 aliphatic rings. The van der Waals surface area contributed by atoms with E-state index >= 15 is 0 Å². The molecule has 3 N–H and O–H groups in total. The van der Waals surface area contributed by atoms with Crippen molar-refractivity contribution in [3.8, 4) is 5.75 Å². The minimum Gasteiger partial charge on any atom is -0.406 e. The zero-order valence-electron chi connectivity index (χ0n) is 14.2. The van der Waals surface area contributed by atoms with Crippen molar-refractivity contribution in [2.75, 3.05) is 18.6 Å². The molecule has 3 unspecified atom stereocenters. The van der Waals surface area contributed by atoms with Crippen LogP contribution in [0.4, 0.5) is 18.9 Å². The van der Waals surface area contributed by atoms with Crippen molar-refractivity contribution in [1.29, 1.82) is 5.41 Å². The van der Waals surface area contributed by atoms with Crippen molar-refractivity contribution in [2.24, 2.45) is 0 Å². The summed E-state index contributed by atoms with van der Waals surface area (Å²) in [6.07, 6.45) is -7.59. The van der Waals surface area contributed by atoms with Crippen LogP contribution in [0.3, 0.4) is 0 Å². The predicted octanol–water partition coefficient (Wildman–Crippen LogP) is 0.920. The number of hydrogen-bond acceptors (Lipinski definition) is 8. The molecule has 0 saturated heterocycles. The highest BCUT2D eigenvalue weighted by atomic mass is 19.4. The molecule has 12 heteroatoms. The topological polar surface area (TPSA) is 122 Å². The van der Waals surface area contributed by atoms with Gasteiger partial charge in [-0.15, -0.1) is 13.2 Å². The molecule has 1 aromatic carbocycles. The Hall–Kier alpha value is -2.25. The number of carbonyl (C=O) groups excluding carboxylic acids is 1. The fourth-order valence-corrected chi connectivity index (χ4v) is 2.36. The monoisotopic (exact) mass is 394 g/mol. The Kier molecular flexibility index (Phi) is 6.38. The molecule has 150 valence electrons. The number of rotatable bonds is 8. The molecule has 1 aliphatic heterocycles. The van der Waals surface area contributed by atoms with Gasteiger partial charge in [-0.25, -0.2) is 0 Å². The van der Waals surface area contributed by atoms with Crippen molar-refractivity contribution in [1.82, 2.24) is 0 Å². The maximum Gasteiger partial charge on any atom is 0.573 e. The number of methoxy groups -OCH3 is 1. The number of aliphatic hydroxyl groups is 2. The molecule has 1 aromatic rings. The number of hydrogen-bond donors (Lipinski definition) is 3. The van der Waals surface area contributed by atoms with Crippen LogP contribution in [0.2, 0.25) is 0 Å². The fourth-order valence-electron chi connectivity index (χ4n) is 2.36. The van der Waals surface area contributed by atoms with Gasteiger partial charge in [0.1, 0.15) is 11.5 Å². The van der Waals surface area contributed by atoms with Crippen LogP contribution >= 0.6 is 0 Å². The molecule has 0 aromatic heterocycles. The van der Waals surface area contributed by atoms with Crippen LogP contribution in [0.1, 0.15) is 12.5 Å². The molecule has 27 heavy (non-hydrogen) atoms. The molecule has 0 fully saturated rings. The minimum absolute atomic E-state index is 0.0759. The van der Waals surface area contributed by atoms with Gasteiger partial charge in [0, 0.05) is 12.7 Å². The molecule has 0 bridgehead atoms. The molecule has 0 spiro atoms. The van der Waals surface area contributed by atoms with E-state index in [1.165, 1.54) is 14.0 Å². The third-order valence-corrected chi connectivity index (χ3v) is 3.42. The lowest BCUT2D eigenvalue weighted by Gasteiger charge is -2.24. The second-order valence-corrected chi connectivity index (χ2v) is 5.35. The van der Waals surface area contributed by atoms with E-state index in [1.807, 2.05) is 0 Å². The van der Waals surface area contributed by atoms with Crippen LogP contribution in [-0.4, -0.2) is 60.9 Å². The van der Waals surface area contributed by atoms with E-state index in [4.69, 9.17) is 20.0 Å². The molecule has 0 saturated carbocycles. The first-order chi connectivity index (χ1) is 12.5. The van der Waals surface area contributed by atoms with Gasteiger partial charge < -0.3 is 34.1 Å². The molecular formula is C15H17F3N2O7. The first-order valence-electron chi connectivity index (χ1n) is 7.52. The Morgan fingerprint density at radius 3 is 2.52 bits per heavy atom. The van der Waals surface area contributed by atoms with E-state index in [-0.39, 0.29) is 11.3 Å². The average Bonchev–Trinajstić information content (AvgIpc) is 2.77. The number of aliphatic hydroxyl groups excluding tert-OH is 2. The highest BCUT2D eigenvalue weighted by Crippen LogP contribution is 2.34. The van der Waals surface area contributed by atoms with Crippen LogP contribution in [0.5, 0.6) is 5.75 Å². The molecule has 2 rings (SSSR count). The summed E-state index contributed by atoms with van der Waals surface area (Å²) in [5.41, 5.74) is -0.510. The highest BCUT2D eigenvalue weighted by Gasteiger charge is 2.36. The van der Waals surface area contributed by atoms with Gasteiger partial charge in [-0.1, -0.05) is 0 Å². The summed E-state index contributed by atoms with van der Waals surface area (Å²) in [7, 11) is 1.18. The number of β-amino-alcohol motifs (C(OH)–C–C–N with tert-alkyl or cyclic N) is 1. The van der Waals surface area contributed by atoms with Gasteiger partial charge in [0.05, 0.1) is 12.2 Å². The van der Waals surface area contributed by atoms with Crippen LogP contribution < -0.4 is 9.64 Å². The first kappa shape index (κ1) is 21.1. The quantitative estimate of drug-likeness (QED) is 0.561. The summed E-state index contributed by atoms with van der Waals surface area (Å²) in [5.74, 6) is -1.41. The van der Waals surface area contributed by atoms with Gasteiger partial charge in [-0.2, -0.15) is 0 Å². The number of nitrogens with one attached hydrogen (secondary N) is 1. The Labute approximate surface area is 151 Å². The molecule has 0 radical (unpaired) electrons. The maximum absolute atomic E-state index is 12.3. The van der Waals surface area contributed by atoms with Crippen molar-refractivity contribution in [3.63, 3.8) is 0 Å². The molecule has 1 amide bonds. The van der Waals surface area contributed by atoms with E-state index in [1.54, 1.807) is 0 Å². The lowest BCUT2D eigenvalue weighted by atomic mass is 10.1. The van der Waals surface area contributed by atoms with Crippen molar-refractivity contribution in [2.45, 2.75) is 32.3 Å². The predicted molar refractivity (Wildman–Crippen MR) is 83.0 cm³/mol. The number of carbonyl (C=O) groups is 1. The number of alkyl halides is 3. The third kappa shape index (κ3) is 5.37. The highest BCUT2D eigenvalue weighted by molar-refractivity contribution is 6.53. The van der Waals surface area contributed by atoms with Crippen molar-refractivity contribution in [3.05, 3.63) is 23.8 Å². The molecule has 9 nitrogen and oxygen atoms in total. The van der Waals surface area contributed by atoms with E-state index in [9.17, 15) is 23.1 Å². The van der Waals surface area contributed by atoms with Crippen molar-refractivity contribution >= 4 is 17.3 Å². The summed E-state index contributed by atoms with van der Waals surface area (Å²) in [4.78, 5) is 13.2. The smallest absolute Gasteiger partial charge is 0.406 e. The SMILES string of the molecule is COC(O)OC(C)OC(O)CN1C(=O)C(=N)c2cc(OC(F)(F)F)ccc21. The lowest BCUT2D eigenvalue weighted by molar-refractivity contribution is -0.331. The number of halogens is 3. The number of fused-ring (bicyclic) bond motifs is 1. The van der Waals surface area contributed by atoms with Crippen LogP contribution in [-0.2, 0) is 19.0 Å². The molecule has 3 atom stereocenters. The van der Waals surface area contributed by atoms with Gasteiger partial charge in [-0.3, -0.25) is 10.2 Å². The van der Waals surface area contributed by atoms with E-state index < -0.39 is 49.3 Å². The van der Waals surface area contributed by atoms with Gasteiger partial charge in [0.25, 0.3) is 12.4 Å². The maximum atomic E-state index is 12.3.